The fourth-order valence-corrected chi connectivity index (χ4v) is 1.64. The minimum atomic E-state index is -0.820. The molecule has 0 saturated carbocycles. The van der Waals surface area contributed by atoms with Gasteiger partial charge in [0, 0.05) is 13.5 Å². The molecule has 21 heavy (non-hydrogen) atoms. The van der Waals surface area contributed by atoms with Crippen molar-refractivity contribution >= 4 is 5.97 Å². The van der Waals surface area contributed by atoms with E-state index in [9.17, 15) is 15.0 Å². The van der Waals surface area contributed by atoms with E-state index in [4.69, 9.17) is 15.2 Å². The van der Waals surface area contributed by atoms with Gasteiger partial charge >= 0.3 is 5.97 Å². The first-order chi connectivity index (χ1) is 9.75. The Balaban J connectivity index is 2.45. The first kappa shape index (κ1) is 17.3. The van der Waals surface area contributed by atoms with Crippen LogP contribution in [0.5, 0.6) is 11.5 Å². The summed E-state index contributed by atoms with van der Waals surface area (Å²) in [7, 11) is 1.60. The average Bonchev–Trinajstić information content (AvgIpc) is 2.42. The Morgan fingerprint density at radius 2 is 2.00 bits per heavy atom. The summed E-state index contributed by atoms with van der Waals surface area (Å²) < 4.78 is 10.3. The number of phenols is 2. The maximum Gasteiger partial charge on any atom is 0.323 e. The van der Waals surface area contributed by atoms with Crippen molar-refractivity contribution in [3.05, 3.63) is 23.8 Å². The number of aromatic hydroxyl groups is 2. The maximum absolute atomic E-state index is 11.8. The number of phenolic OH excluding ortho intramolecular Hbond substituents is 2. The summed E-state index contributed by atoms with van der Waals surface area (Å²) in [6, 6.07) is 3.50. The Morgan fingerprint density at radius 3 is 2.57 bits per heavy atom. The number of methoxy groups -OCH3 is 1. The quantitative estimate of drug-likeness (QED) is 0.518. The highest BCUT2D eigenvalue weighted by Crippen LogP contribution is 2.25. The Kier molecular flexibility index (Phi) is 5.99. The van der Waals surface area contributed by atoms with Crippen LogP contribution in [0.15, 0.2) is 18.2 Å². The molecule has 1 aromatic carbocycles. The van der Waals surface area contributed by atoms with Crippen molar-refractivity contribution in [2.75, 3.05) is 13.7 Å². The number of ether oxygens (including phenoxy) is 2. The van der Waals surface area contributed by atoms with Gasteiger partial charge in [-0.15, -0.1) is 0 Å². The van der Waals surface area contributed by atoms with Crippen molar-refractivity contribution in [1.29, 1.82) is 0 Å². The summed E-state index contributed by atoms with van der Waals surface area (Å²) in [6.45, 7) is 4.04. The number of carbonyl (C=O) groups excluding carboxylic acids is 1. The summed E-state index contributed by atoms with van der Waals surface area (Å²) >= 11 is 0. The Bertz CT molecular complexity index is 487. The number of hydrogen-bond donors (Lipinski definition) is 3. The molecule has 0 aromatic heterocycles. The highest BCUT2D eigenvalue weighted by molar-refractivity contribution is 5.75. The molecule has 0 heterocycles. The second-order valence-electron chi connectivity index (χ2n) is 5.51. The number of carbonyl (C=O) groups is 1. The van der Waals surface area contributed by atoms with Gasteiger partial charge in [0.25, 0.3) is 0 Å². The molecule has 4 N–H and O–H groups in total. The predicted molar refractivity (Wildman–Crippen MR) is 78.1 cm³/mol. The van der Waals surface area contributed by atoms with Gasteiger partial charge in [-0.2, -0.15) is 0 Å². The smallest absolute Gasteiger partial charge is 0.323 e. The molecule has 0 radical (unpaired) electrons. The molecule has 0 amide bonds. The standard InChI is InChI=1S/C15H23NO5/c1-15(2,20-3)6-7-21-14(19)11(16)8-10-4-5-12(17)13(18)9-10/h4-5,9,11,17-18H,6-8,16H2,1-3H3. The van der Waals surface area contributed by atoms with E-state index in [2.05, 4.69) is 0 Å². The van der Waals surface area contributed by atoms with E-state index in [-0.39, 0.29) is 30.1 Å². The molecule has 0 fully saturated rings. The minimum absolute atomic E-state index is 0.211. The number of benzene rings is 1. The summed E-state index contributed by atoms with van der Waals surface area (Å²) in [6.07, 6.45) is 0.794. The zero-order valence-electron chi connectivity index (χ0n) is 12.6. The topological polar surface area (TPSA) is 102 Å². The van der Waals surface area contributed by atoms with Gasteiger partial charge in [0.2, 0.25) is 0 Å². The van der Waals surface area contributed by atoms with Gasteiger partial charge in [-0.3, -0.25) is 4.79 Å². The molecule has 118 valence electrons. The van der Waals surface area contributed by atoms with Crippen LogP contribution in [0.4, 0.5) is 0 Å². The van der Waals surface area contributed by atoms with Crippen molar-refractivity contribution < 1.29 is 24.5 Å². The largest absolute Gasteiger partial charge is 0.504 e. The second-order valence-corrected chi connectivity index (χ2v) is 5.51. The first-order valence-corrected chi connectivity index (χ1v) is 6.73. The Morgan fingerprint density at radius 1 is 1.33 bits per heavy atom. The lowest BCUT2D eigenvalue weighted by atomic mass is 10.1. The molecule has 0 saturated heterocycles. The van der Waals surface area contributed by atoms with Crippen molar-refractivity contribution in [3.8, 4) is 11.5 Å². The van der Waals surface area contributed by atoms with Crippen LogP contribution >= 0.6 is 0 Å². The van der Waals surface area contributed by atoms with E-state index in [0.29, 0.717) is 12.0 Å². The van der Waals surface area contributed by atoms with Crippen molar-refractivity contribution in [2.45, 2.75) is 38.3 Å². The summed E-state index contributed by atoms with van der Waals surface area (Å²) in [4.78, 5) is 11.8. The van der Waals surface area contributed by atoms with Crippen LogP contribution in [0.3, 0.4) is 0 Å². The van der Waals surface area contributed by atoms with E-state index >= 15 is 0 Å². The fraction of sp³-hybridized carbons (Fsp3) is 0.533. The van der Waals surface area contributed by atoms with Crippen LogP contribution < -0.4 is 5.73 Å². The molecule has 1 aromatic rings. The lowest BCUT2D eigenvalue weighted by Gasteiger charge is -2.22. The van der Waals surface area contributed by atoms with E-state index < -0.39 is 12.0 Å². The lowest BCUT2D eigenvalue weighted by Crippen LogP contribution is -2.35. The number of hydrogen-bond acceptors (Lipinski definition) is 6. The molecular weight excluding hydrogens is 274 g/mol. The first-order valence-electron chi connectivity index (χ1n) is 6.73. The molecule has 1 unspecified atom stereocenters. The number of esters is 1. The van der Waals surface area contributed by atoms with Crippen LogP contribution in [0.2, 0.25) is 0 Å². The van der Waals surface area contributed by atoms with Crippen LogP contribution in [0, 0.1) is 0 Å². The average molecular weight is 297 g/mol. The van der Waals surface area contributed by atoms with E-state index in [0.717, 1.165) is 0 Å². The van der Waals surface area contributed by atoms with Gasteiger partial charge in [-0.05, 0) is 38.0 Å². The van der Waals surface area contributed by atoms with E-state index in [1.807, 2.05) is 13.8 Å². The van der Waals surface area contributed by atoms with Gasteiger partial charge in [-0.1, -0.05) is 6.07 Å². The molecule has 0 aliphatic rings. The number of rotatable bonds is 7. The molecular formula is C15H23NO5. The van der Waals surface area contributed by atoms with E-state index in [1.54, 1.807) is 13.2 Å². The third-order valence-electron chi connectivity index (χ3n) is 3.30. The van der Waals surface area contributed by atoms with Crippen LogP contribution in [0.1, 0.15) is 25.8 Å². The summed E-state index contributed by atoms with van der Waals surface area (Å²) in [5.41, 5.74) is 6.06. The van der Waals surface area contributed by atoms with Crippen LogP contribution in [-0.2, 0) is 20.7 Å². The molecule has 6 nitrogen and oxygen atoms in total. The van der Waals surface area contributed by atoms with Crippen molar-refractivity contribution in [3.63, 3.8) is 0 Å². The van der Waals surface area contributed by atoms with Crippen LogP contribution in [-0.4, -0.2) is 41.5 Å². The van der Waals surface area contributed by atoms with E-state index in [1.165, 1.54) is 12.1 Å². The second kappa shape index (κ2) is 7.28. The minimum Gasteiger partial charge on any atom is -0.504 e. The Hall–Kier alpha value is -1.79. The fourth-order valence-electron chi connectivity index (χ4n) is 1.64. The highest BCUT2D eigenvalue weighted by atomic mass is 16.5. The summed E-state index contributed by atoms with van der Waals surface area (Å²) in [5, 5.41) is 18.6. The van der Waals surface area contributed by atoms with Crippen LogP contribution in [0.25, 0.3) is 0 Å². The van der Waals surface area contributed by atoms with Gasteiger partial charge < -0.3 is 25.4 Å². The van der Waals surface area contributed by atoms with Gasteiger partial charge in [-0.25, -0.2) is 0 Å². The normalized spacial score (nSPS) is 13.0. The third kappa shape index (κ3) is 5.61. The van der Waals surface area contributed by atoms with Gasteiger partial charge in [0.1, 0.15) is 6.04 Å². The molecule has 0 spiro atoms. The zero-order valence-corrected chi connectivity index (χ0v) is 12.6. The summed E-state index contributed by atoms with van der Waals surface area (Å²) in [5.74, 6) is -0.957. The molecule has 6 heteroatoms. The highest BCUT2D eigenvalue weighted by Gasteiger charge is 2.20. The van der Waals surface area contributed by atoms with Gasteiger partial charge in [0.15, 0.2) is 11.5 Å². The zero-order chi connectivity index (χ0) is 16.0. The molecule has 0 aliphatic carbocycles. The van der Waals surface area contributed by atoms with Crippen molar-refractivity contribution in [1.82, 2.24) is 0 Å². The SMILES string of the molecule is COC(C)(C)CCOC(=O)C(N)Cc1ccc(O)c(O)c1. The lowest BCUT2D eigenvalue weighted by molar-refractivity contribution is -0.146. The van der Waals surface area contributed by atoms with Gasteiger partial charge in [0.05, 0.1) is 12.2 Å². The number of nitrogens with two attached hydrogens (primary N) is 1. The molecule has 0 aliphatic heterocycles. The third-order valence-corrected chi connectivity index (χ3v) is 3.30. The maximum atomic E-state index is 11.8. The molecule has 1 rings (SSSR count). The Labute approximate surface area is 124 Å². The molecule has 1 atom stereocenters. The monoisotopic (exact) mass is 297 g/mol. The predicted octanol–water partition coefficient (Wildman–Crippen LogP) is 1.33. The molecule has 0 bridgehead atoms. The van der Waals surface area contributed by atoms with Crippen molar-refractivity contribution in [2.24, 2.45) is 5.73 Å².